The second-order valence-corrected chi connectivity index (χ2v) is 5.28. The van der Waals surface area contributed by atoms with Crippen molar-refractivity contribution in [2.24, 2.45) is 11.8 Å². The first kappa shape index (κ1) is 11.9. The number of nitrogens with zero attached hydrogens (tertiary/aromatic N) is 1. The number of likely N-dealkylation sites (tertiary alicyclic amines) is 1. The highest BCUT2D eigenvalue weighted by Crippen LogP contribution is 2.33. The van der Waals surface area contributed by atoms with E-state index in [1.807, 2.05) is 0 Å². The van der Waals surface area contributed by atoms with Gasteiger partial charge in [-0.25, -0.2) is 0 Å². The van der Waals surface area contributed by atoms with Gasteiger partial charge in [0.05, 0.1) is 0 Å². The van der Waals surface area contributed by atoms with Crippen LogP contribution >= 0.6 is 0 Å². The third-order valence-electron chi connectivity index (χ3n) is 3.81. The Morgan fingerprint density at radius 1 is 1.19 bits per heavy atom. The van der Waals surface area contributed by atoms with Crippen molar-refractivity contribution < 1.29 is 4.79 Å². The fourth-order valence-electron chi connectivity index (χ4n) is 2.43. The average molecular weight is 224 g/mol. The summed E-state index contributed by atoms with van der Waals surface area (Å²) in [5, 5.41) is 3.40. The number of amides is 1. The van der Waals surface area contributed by atoms with Crippen LogP contribution in [0.4, 0.5) is 0 Å². The van der Waals surface area contributed by atoms with E-state index in [0.29, 0.717) is 5.91 Å². The topological polar surface area (TPSA) is 32.3 Å². The van der Waals surface area contributed by atoms with Gasteiger partial charge in [0, 0.05) is 19.5 Å². The molecule has 0 aromatic rings. The predicted molar refractivity (Wildman–Crippen MR) is 65.2 cm³/mol. The van der Waals surface area contributed by atoms with Crippen LogP contribution in [0.1, 0.15) is 39.0 Å². The van der Waals surface area contributed by atoms with Gasteiger partial charge in [-0.1, -0.05) is 6.92 Å². The molecule has 1 amide bonds. The van der Waals surface area contributed by atoms with Crippen LogP contribution in [-0.4, -0.2) is 37.0 Å². The van der Waals surface area contributed by atoms with Crippen LogP contribution in [0.5, 0.6) is 0 Å². The molecular formula is C13H24N2O. The maximum absolute atomic E-state index is 11.9. The molecule has 1 aliphatic carbocycles. The molecule has 1 aliphatic heterocycles. The van der Waals surface area contributed by atoms with Gasteiger partial charge in [-0.3, -0.25) is 4.79 Å². The molecule has 2 fully saturated rings. The summed E-state index contributed by atoms with van der Waals surface area (Å²) in [6, 6.07) is 0. The van der Waals surface area contributed by atoms with Gasteiger partial charge < -0.3 is 10.2 Å². The van der Waals surface area contributed by atoms with Gasteiger partial charge in [0.15, 0.2) is 0 Å². The lowest BCUT2D eigenvalue weighted by molar-refractivity contribution is -0.132. The van der Waals surface area contributed by atoms with Gasteiger partial charge in [-0.05, 0) is 50.6 Å². The standard InChI is InChI=1S/C13H24N2O/c1-2-14-10-12-5-7-15(8-6-12)13(16)9-11-3-4-11/h11-12,14H,2-10H2,1H3. The number of piperidine rings is 1. The summed E-state index contributed by atoms with van der Waals surface area (Å²) in [7, 11) is 0. The predicted octanol–water partition coefficient (Wildman–Crippen LogP) is 1.63. The van der Waals surface area contributed by atoms with E-state index in [-0.39, 0.29) is 0 Å². The van der Waals surface area contributed by atoms with Gasteiger partial charge in [0.25, 0.3) is 0 Å². The molecule has 3 nitrogen and oxygen atoms in total. The monoisotopic (exact) mass is 224 g/mol. The van der Waals surface area contributed by atoms with Crippen LogP contribution < -0.4 is 5.32 Å². The molecule has 92 valence electrons. The Balaban J connectivity index is 1.65. The zero-order valence-corrected chi connectivity index (χ0v) is 10.4. The minimum Gasteiger partial charge on any atom is -0.343 e. The maximum Gasteiger partial charge on any atom is 0.222 e. The molecule has 1 saturated heterocycles. The Hall–Kier alpha value is -0.570. The van der Waals surface area contributed by atoms with E-state index in [4.69, 9.17) is 0 Å². The first-order chi connectivity index (χ1) is 7.79. The van der Waals surface area contributed by atoms with Crippen molar-refractivity contribution in [2.75, 3.05) is 26.2 Å². The molecule has 1 saturated carbocycles. The van der Waals surface area contributed by atoms with Crippen LogP contribution in [-0.2, 0) is 4.79 Å². The summed E-state index contributed by atoms with van der Waals surface area (Å²) in [5.41, 5.74) is 0. The van der Waals surface area contributed by atoms with Gasteiger partial charge in [-0.15, -0.1) is 0 Å². The quantitative estimate of drug-likeness (QED) is 0.770. The van der Waals surface area contributed by atoms with E-state index >= 15 is 0 Å². The minimum atomic E-state index is 0.407. The summed E-state index contributed by atoms with van der Waals surface area (Å²) in [4.78, 5) is 14.0. The van der Waals surface area contributed by atoms with Crippen molar-refractivity contribution >= 4 is 5.91 Å². The van der Waals surface area contributed by atoms with Crippen molar-refractivity contribution in [3.8, 4) is 0 Å². The van der Waals surface area contributed by atoms with E-state index in [9.17, 15) is 4.79 Å². The fraction of sp³-hybridized carbons (Fsp3) is 0.923. The third-order valence-corrected chi connectivity index (χ3v) is 3.81. The molecule has 16 heavy (non-hydrogen) atoms. The third kappa shape index (κ3) is 3.48. The second kappa shape index (κ2) is 5.67. The number of hydrogen-bond acceptors (Lipinski definition) is 2. The van der Waals surface area contributed by atoms with Gasteiger partial charge in [0.2, 0.25) is 5.91 Å². The Morgan fingerprint density at radius 3 is 2.44 bits per heavy atom. The van der Waals surface area contributed by atoms with Crippen molar-refractivity contribution in [3.63, 3.8) is 0 Å². The summed E-state index contributed by atoms with van der Waals surface area (Å²) in [5.74, 6) is 1.92. The number of carbonyl (C=O) groups is 1. The second-order valence-electron chi connectivity index (χ2n) is 5.28. The lowest BCUT2D eigenvalue weighted by Gasteiger charge is -2.32. The van der Waals surface area contributed by atoms with Crippen molar-refractivity contribution in [2.45, 2.75) is 39.0 Å². The van der Waals surface area contributed by atoms with E-state index in [2.05, 4.69) is 17.1 Å². The van der Waals surface area contributed by atoms with Gasteiger partial charge in [0.1, 0.15) is 0 Å². The molecule has 0 aromatic heterocycles. The number of rotatable bonds is 5. The molecule has 2 rings (SSSR count). The van der Waals surface area contributed by atoms with Crippen LogP contribution in [0.15, 0.2) is 0 Å². The molecule has 3 heteroatoms. The molecule has 2 aliphatic rings. The molecular weight excluding hydrogens is 200 g/mol. The Morgan fingerprint density at radius 2 is 1.88 bits per heavy atom. The number of nitrogens with one attached hydrogen (secondary N) is 1. The largest absolute Gasteiger partial charge is 0.343 e. The highest BCUT2D eigenvalue weighted by molar-refractivity contribution is 5.76. The highest BCUT2D eigenvalue weighted by atomic mass is 16.2. The zero-order valence-electron chi connectivity index (χ0n) is 10.4. The van der Waals surface area contributed by atoms with E-state index in [1.54, 1.807) is 0 Å². The molecule has 1 heterocycles. The summed E-state index contributed by atoms with van der Waals surface area (Å²) < 4.78 is 0. The van der Waals surface area contributed by atoms with Gasteiger partial charge >= 0.3 is 0 Å². The summed E-state index contributed by atoms with van der Waals surface area (Å²) >= 11 is 0. The summed E-state index contributed by atoms with van der Waals surface area (Å²) in [6.07, 6.45) is 5.75. The molecule has 0 radical (unpaired) electrons. The first-order valence-corrected chi connectivity index (χ1v) is 6.78. The molecule has 0 spiro atoms. The zero-order chi connectivity index (χ0) is 11.4. The number of hydrogen-bond donors (Lipinski definition) is 1. The highest BCUT2D eigenvalue weighted by Gasteiger charge is 2.28. The molecule has 0 aromatic carbocycles. The first-order valence-electron chi connectivity index (χ1n) is 6.78. The van der Waals surface area contributed by atoms with E-state index in [0.717, 1.165) is 44.4 Å². The van der Waals surface area contributed by atoms with Crippen molar-refractivity contribution in [1.29, 1.82) is 0 Å². The molecule has 0 bridgehead atoms. The number of carbonyl (C=O) groups excluding carboxylic acids is 1. The normalized spacial score (nSPS) is 22.4. The Kier molecular flexibility index (Phi) is 4.22. The molecule has 0 atom stereocenters. The van der Waals surface area contributed by atoms with Crippen LogP contribution in [0.2, 0.25) is 0 Å². The lowest BCUT2D eigenvalue weighted by atomic mass is 9.96. The average Bonchev–Trinajstić information content (AvgIpc) is 3.11. The van der Waals surface area contributed by atoms with Gasteiger partial charge in [-0.2, -0.15) is 0 Å². The smallest absolute Gasteiger partial charge is 0.222 e. The molecule has 0 unspecified atom stereocenters. The minimum absolute atomic E-state index is 0.407. The molecule has 1 N–H and O–H groups in total. The van der Waals surface area contributed by atoms with E-state index < -0.39 is 0 Å². The van der Waals surface area contributed by atoms with Crippen LogP contribution in [0, 0.1) is 11.8 Å². The van der Waals surface area contributed by atoms with Crippen molar-refractivity contribution in [1.82, 2.24) is 10.2 Å². The van der Waals surface area contributed by atoms with E-state index in [1.165, 1.54) is 25.7 Å². The Bertz CT molecular complexity index is 230. The summed E-state index contributed by atoms with van der Waals surface area (Å²) in [6.45, 7) is 6.31. The van der Waals surface area contributed by atoms with Crippen LogP contribution in [0.25, 0.3) is 0 Å². The fourth-order valence-corrected chi connectivity index (χ4v) is 2.43. The van der Waals surface area contributed by atoms with Crippen molar-refractivity contribution in [3.05, 3.63) is 0 Å². The van der Waals surface area contributed by atoms with Crippen LogP contribution in [0.3, 0.4) is 0 Å². The maximum atomic E-state index is 11.9. The lowest BCUT2D eigenvalue weighted by Crippen LogP contribution is -2.40. The SMILES string of the molecule is CCNCC1CCN(C(=O)CC2CC2)CC1. The Labute approximate surface area is 98.6 Å².